The van der Waals surface area contributed by atoms with E-state index in [1.54, 1.807) is 0 Å². The Morgan fingerprint density at radius 2 is 2.11 bits per heavy atom. The Balaban J connectivity index is 2.71. The van der Waals surface area contributed by atoms with Crippen LogP contribution in [0, 0.1) is 0 Å². The molecule has 0 saturated carbocycles. The van der Waals surface area contributed by atoms with Gasteiger partial charge in [0.2, 0.25) is 11.9 Å². The van der Waals surface area contributed by atoms with Crippen LogP contribution in [-0.4, -0.2) is 22.5 Å². The lowest BCUT2D eigenvalue weighted by Gasteiger charge is -2.06. The number of carboxylic acid groups (broad SMARTS) is 1. The topological polar surface area (TPSA) is 70.2 Å². The van der Waals surface area contributed by atoms with Gasteiger partial charge >= 0.3 is 5.97 Å². The maximum absolute atomic E-state index is 12.4. The van der Waals surface area contributed by atoms with Crippen molar-refractivity contribution in [3.63, 3.8) is 0 Å². The summed E-state index contributed by atoms with van der Waals surface area (Å²) >= 11 is 5.83. The highest BCUT2D eigenvalue weighted by Gasteiger charge is 2.15. The number of pyridine rings is 1. The number of aromatic nitrogens is 1. The van der Waals surface area contributed by atoms with Crippen LogP contribution in [0.3, 0.4) is 0 Å². The number of benzene rings is 1. The third-order valence-electron chi connectivity index (χ3n) is 2.65. The molecule has 2 rings (SSSR count). The predicted octanol–water partition coefficient (Wildman–Crippen LogP) is 2.69. The first-order valence-corrected chi connectivity index (χ1v) is 5.63. The van der Waals surface area contributed by atoms with Crippen molar-refractivity contribution in [2.75, 3.05) is 0 Å². The molecule has 0 bridgehead atoms. The Kier molecular flexibility index (Phi) is 3.53. The van der Waals surface area contributed by atoms with Gasteiger partial charge in [-0.3, -0.25) is 4.79 Å². The first-order valence-electron chi connectivity index (χ1n) is 5.25. The molecule has 0 amide bonds. The molecule has 19 heavy (non-hydrogen) atoms. The minimum atomic E-state index is -2.60. The molecule has 0 radical (unpaired) electrons. The standard InChI is InChI=1S/C12H8ClF2NO3/c13-8-3-9-6(1-5(8)2-10(14)15)11(17)7(4-16-9)12(18)19/h1,3-4,10H,2H2,(H,16,17)(H,18,19). The Morgan fingerprint density at radius 3 is 2.68 bits per heavy atom. The summed E-state index contributed by atoms with van der Waals surface area (Å²) in [6, 6.07) is 2.54. The molecule has 7 heteroatoms. The van der Waals surface area contributed by atoms with Crippen LogP contribution in [0.4, 0.5) is 8.78 Å². The number of aromatic carboxylic acids is 1. The highest BCUT2D eigenvalue weighted by Crippen LogP contribution is 2.23. The van der Waals surface area contributed by atoms with Gasteiger partial charge < -0.3 is 10.1 Å². The number of halogens is 3. The van der Waals surface area contributed by atoms with Gasteiger partial charge in [0.25, 0.3) is 0 Å². The van der Waals surface area contributed by atoms with Crippen LogP contribution < -0.4 is 5.43 Å². The second kappa shape index (κ2) is 4.97. The van der Waals surface area contributed by atoms with Crippen molar-refractivity contribution in [1.82, 2.24) is 4.98 Å². The monoisotopic (exact) mass is 287 g/mol. The van der Waals surface area contributed by atoms with Gasteiger partial charge in [0.05, 0.1) is 5.52 Å². The van der Waals surface area contributed by atoms with Crippen LogP contribution in [-0.2, 0) is 6.42 Å². The highest BCUT2D eigenvalue weighted by molar-refractivity contribution is 6.32. The molecule has 0 aliphatic heterocycles. The number of rotatable bonds is 3. The first kappa shape index (κ1) is 13.5. The number of nitrogens with one attached hydrogen (secondary N) is 1. The predicted molar refractivity (Wildman–Crippen MR) is 66.2 cm³/mol. The summed E-state index contributed by atoms with van der Waals surface area (Å²) in [5.74, 6) is -1.38. The van der Waals surface area contributed by atoms with Gasteiger partial charge in [-0.1, -0.05) is 11.6 Å². The van der Waals surface area contributed by atoms with Crippen LogP contribution in [0.1, 0.15) is 15.9 Å². The van der Waals surface area contributed by atoms with Gasteiger partial charge in [-0.2, -0.15) is 0 Å². The van der Waals surface area contributed by atoms with E-state index >= 15 is 0 Å². The second-order valence-electron chi connectivity index (χ2n) is 3.92. The van der Waals surface area contributed by atoms with Crippen molar-refractivity contribution in [2.24, 2.45) is 0 Å². The summed E-state index contributed by atoms with van der Waals surface area (Å²) in [5, 5.41) is 8.96. The average molecular weight is 288 g/mol. The van der Waals surface area contributed by atoms with E-state index in [1.807, 2.05) is 0 Å². The molecule has 4 nitrogen and oxygen atoms in total. The summed E-state index contributed by atoms with van der Waals surface area (Å²) in [6.07, 6.45) is -2.14. The number of alkyl halides is 2. The zero-order valence-corrected chi connectivity index (χ0v) is 10.2. The molecule has 1 aromatic heterocycles. The number of aromatic amines is 1. The number of H-pyrrole nitrogens is 1. The maximum atomic E-state index is 12.4. The molecule has 0 fully saturated rings. The third kappa shape index (κ3) is 2.58. The molecule has 2 aromatic rings. The molecular weight excluding hydrogens is 280 g/mol. The fourth-order valence-electron chi connectivity index (χ4n) is 1.77. The van der Waals surface area contributed by atoms with E-state index in [0.29, 0.717) is 5.52 Å². The van der Waals surface area contributed by atoms with Gasteiger partial charge in [-0.15, -0.1) is 0 Å². The van der Waals surface area contributed by atoms with Gasteiger partial charge in [0.1, 0.15) is 5.56 Å². The number of hydrogen-bond donors (Lipinski definition) is 2. The Morgan fingerprint density at radius 1 is 1.42 bits per heavy atom. The van der Waals surface area contributed by atoms with E-state index in [4.69, 9.17) is 16.7 Å². The van der Waals surface area contributed by atoms with Crippen LogP contribution in [0.5, 0.6) is 0 Å². The van der Waals surface area contributed by atoms with E-state index in [0.717, 1.165) is 6.20 Å². The second-order valence-corrected chi connectivity index (χ2v) is 4.33. The molecule has 0 atom stereocenters. The van der Waals surface area contributed by atoms with Gasteiger partial charge in [-0.25, -0.2) is 13.6 Å². The van der Waals surface area contributed by atoms with Crippen LogP contribution in [0.25, 0.3) is 10.9 Å². The Hall–Kier alpha value is -1.95. The zero-order valence-electron chi connectivity index (χ0n) is 9.41. The summed E-state index contributed by atoms with van der Waals surface area (Å²) in [7, 11) is 0. The SMILES string of the molecule is O=C(O)c1c[nH]c2cc(Cl)c(CC(F)F)cc2c1=O. The fraction of sp³-hybridized carbons (Fsp3) is 0.167. The molecule has 0 saturated heterocycles. The van der Waals surface area contributed by atoms with E-state index in [1.165, 1.54) is 12.1 Å². The average Bonchev–Trinajstić information content (AvgIpc) is 2.30. The van der Waals surface area contributed by atoms with Crippen molar-refractivity contribution in [3.8, 4) is 0 Å². The molecule has 0 spiro atoms. The smallest absolute Gasteiger partial charge is 0.341 e. The number of fused-ring (bicyclic) bond motifs is 1. The fourth-order valence-corrected chi connectivity index (χ4v) is 2.01. The van der Waals surface area contributed by atoms with Gasteiger partial charge in [0.15, 0.2) is 0 Å². The normalized spacial score (nSPS) is 11.2. The lowest BCUT2D eigenvalue weighted by atomic mass is 10.1. The largest absolute Gasteiger partial charge is 0.477 e. The summed E-state index contributed by atoms with van der Waals surface area (Å²) in [5.41, 5.74) is -0.763. The van der Waals surface area contributed by atoms with E-state index in [9.17, 15) is 18.4 Å². The number of hydrogen-bond acceptors (Lipinski definition) is 2. The Bertz CT molecular complexity index is 712. The van der Waals surface area contributed by atoms with Crippen LogP contribution in [0.15, 0.2) is 23.1 Å². The van der Waals surface area contributed by atoms with E-state index in [-0.39, 0.29) is 16.0 Å². The summed E-state index contributed by atoms with van der Waals surface area (Å²) in [6.45, 7) is 0. The summed E-state index contributed by atoms with van der Waals surface area (Å²) < 4.78 is 24.7. The minimum absolute atomic E-state index is 0.0277. The maximum Gasteiger partial charge on any atom is 0.341 e. The molecule has 2 N–H and O–H groups in total. The van der Waals surface area contributed by atoms with Crippen molar-refractivity contribution in [1.29, 1.82) is 0 Å². The molecule has 100 valence electrons. The molecule has 1 aromatic carbocycles. The lowest BCUT2D eigenvalue weighted by molar-refractivity contribution is 0.0695. The third-order valence-corrected chi connectivity index (χ3v) is 3.00. The van der Waals surface area contributed by atoms with E-state index < -0.39 is 29.8 Å². The molecular formula is C12H8ClF2NO3. The van der Waals surface area contributed by atoms with Crippen LogP contribution in [0.2, 0.25) is 5.02 Å². The number of carboxylic acids is 1. The van der Waals surface area contributed by atoms with Gasteiger partial charge in [0, 0.05) is 23.0 Å². The molecule has 0 unspecified atom stereocenters. The lowest BCUT2D eigenvalue weighted by Crippen LogP contribution is -2.15. The van der Waals surface area contributed by atoms with Crippen molar-refractivity contribution in [2.45, 2.75) is 12.8 Å². The Labute approximate surface area is 110 Å². The molecule has 0 aliphatic carbocycles. The highest BCUT2D eigenvalue weighted by atomic mass is 35.5. The quantitative estimate of drug-likeness (QED) is 0.912. The molecule has 0 aliphatic rings. The minimum Gasteiger partial charge on any atom is -0.477 e. The van der Waals surface area contributed by atoms with Crippen molar-refractivity contribution in [3.05, 3.63) is 44.7 Å². The van der Waals surface area contributed by atoms with Gasteiger partial charge in [-0.05, 0) is 17.7 Å². The first-order chi connectivity index (χ1) is 8.90. The van der Waals surface area contributed by atoms with Crippen molar-refractivity contribution < 1.29 is 18.7 Å². The van der Waals surface area contributed by atoms with E-state index in [2.05, 4.69) is 4.98 Å². The summed E-state index contributed by atoms with van der Waals surface area (Å²) in [4.78, 5) is 25.3. The molecule has 1 heterocycles. The van der Waals surface area contributed by atoms with Crippen molar-refractivity contribution >= 4 is 28.5 Å². The zero-order chi connectivity index (χ0) is 14.2. The van der Waals surface area contributed by atoms with Crippen LogP contribution >= 0.6 is 11.6 Å². The number of carbonyl (C=O) groups is 1.